The molecule has 2 N–H and O–H groups in total. The van der Waals surface area contributed by atoms with Crippen LogP contribution >= 0.6 is 11.6 Å². The molecule has 0 saturated carbocycles. The number of piperidine rings is 1. The smallest absolute Gasteiger partial charge is 0.255 e. The van der Waals surface area contributed by atoms with Crippen LogP contribution in [0, 0.1) is 11.7 Å². The van der Waals surface area contributed by atoms with Crippen molar-refractivity contribution in [1.29, 1.82) is 0 Å². The van der Waals surface area contributed by atoms with E-state index in [-0.39, 0.29) is 45.7 Å². The van der Waals surface area contributed by atoms with Crippen molar-refractivity contribution in [2.75, 3.05) is 28.6 Å². The molecule has 4 aromatic rings. The molecule has 1 fully saturated rings. The fourth-order valence-corrected chi connectivity index (χ4v) is 6.45. The van der Waals surface area contributed by atoms with Crippen molar-refractivity contribution < 1.29 is 18.8 Å². The zero-order chi connectivity index (χ0) is 31.0. The zero-order valence-electron chi connectivity index (χ0n) is 24.0. The predicted molar refractivity (Wildman–Crippen MR) is 168 cm³/mol. The lowest BCUT2D eigenvalue weighted by Crippen LogP contribution is -2.47. The molecule has 0 radical (unpaired) electrons. The van der Waals surface area contributed by atoms with Crippen LogP contribution in [0.2, 0.25) is 5.02 Å². The number of nitrogens with one attached hydrogen (secondary N) is 2. The summed E-state index contributed by atoms with van der Waals surface area (Å²) < 4.78 is 16.3. The lowest BCUT2D eigenvalue weighted by atomic mass is 9.83. The van der Waals surface area contributed by atoms with E-state index in [1.54, 1.807) is 54.6 Å². The van der Waals surface area contributed by atoms with Gasteiger partial charge in [-0.2, -0.15) is 0 Å². The first-order valence-electron chi connectivity index (χ1n) is 14.4. The molecule has 0 spiro atoms. The average Bonchev–Trinajstić information content (AvgIpc) is 2.99. The normalized spacial score (nSPS) is 17.0. The lowest BCUT2D eigenvalue weighted by Gasteiger charge is -2.44. The molecule has 1 saturated heterocycles. The molecule has 8 nitrogen and oxygen atoms in total. The molecule has 0 unspecified atom stereocenters. The summed E-state index contributed by atoms with van der Waals surface area (Å²) in [6, 6.07) is 21.3. The third kappa shape index (κ3) is 6.01. The van der Waals surface area contributed by atoms with Crippen LogP contribution < -0.4 is 21.1 Å². The van der Waals surface area contributed by atoms with Crippen LogP contribution in [0.1, 0.15) is 51.2 Å². The fourth-order valence-electron chi connectivity index (χ4n) is 6.22. The van der Waals surface area contributed by atoms with Gasteiger partial charge in [0, 0.05) is 64.7 Å². The van der Waals surface area contributed by atoms with Gasteiger partial charge < -0.3 is 20.1 Å². The molecular formula is C34H30ClFN4O4. The number of ketones is 1. The Labute approximate surface area is 258 Å². The van der Waals surface area contributed by atoms with Gasteiger partial charge in [0.25, 0.3) is 11.5 Å². The lowest BCUT2D eigenvalue weighted by molar-refractivity contribution is -0.115. The van der Waals surface area contributed by atoms with E-state index >= 15 is 0 Å². The first-order valence-corrected chi connectivity index (χ1v) is 14.8. The van der Waals surface area contributed by atoms with Gasteiger partial charge in [-0.3, -0.25) is 19.2 Å². The molecule has 2 aliphatic rings. The number of hydrogen-bond donors (Lipinski definition) is 2. The first kappa shape index (κ1) is 29.3. The van der Waals surface area contributed by atoms with Crippen molar-refractivity contribution in [3.8, 4) is 0 Å². The van der Waals surface area contributed by atoms with E-state index in [1.165, 1.54) is 25.1 Å². The SMILES string of the molecule is CC(=O)c1cccc(NC(=O)c2ccc(N3C[C@H]4C[C@@H](C3)c3cccc(=O)n3C4)c(NC(=O)Cc3c(F)cccc3Cl)c2)c1. The van der Waals surface area contributed by atoms with Crippen LogP contribution in [0.5, 0.6) is 0 Å². The summed E-state index contributed by atoms with van der Waals surface area (Å²) in [5, 5.41) is 5.87. The standard InChI is InChI=1S/C34H30ClFN4O4/c1-20(41)22-5-2-6-25(14-22)37-34(44)23-11-12-31(29(15-23)38-32(42)16-26-27(35)7-3-8-28(26)36)39-17-21-13-24(19-39)30-9-4-10-33(43)40(30)18-21/h2-12,14-15,21,24H,13,16-19H2,1H3,(H,37,44)(H,38,42)/t21-,24+/m1/s1. The zero-order valence-corrected chi connectivity index (χ0v) is 24.7. The summed E-state index contributed by atoms with van der Waals surface area (Å²) in [7, 11) is 0. The van der Waals surface area contributed by atoms with E-state index in [2.05, 4.69) is 15.5 Å². The van der Waals surface area contributed by atoms with E-state index in [9.17, 15) is 23.6 Å². The number of hydrogen-bond acceptors (Lipinski definition) is 5. The highest BCUT2D eigenvalue weighted by Crippen LogP contribution is 2.39. The van der Waals surface area contributed by atoms with Crippen LogP contribution in [-0.4, -0.2) is 35.3 Å². The molecule has 1 aromatic heterocycles. The molecule has 224 valence electrons. The summed E-state index contributed by atoms with van der Waals surface area (Å²) in [5.74, 6) is -1.27. The highest BCUT2D eigenvalue weighted by molar-refractivity contribution is 6.31. The van der Waals surface area contributed by atoms with Crippen LogP contribution in [0.15, 0.2) is 83.7 Å². The quantitative estimate of drug-likeness (QED) is 0.253. The molecule has 2 amide bonds. The Hall–Kier alpha value is -4.76. The number of aromatic nitrogens is 1. The van der Waals surface area contributed by atoms with Gasteiger partial charge in [-0.1, -0.05) is 35.9 Å². The van der Waals surface area contributed by atoms with E-state index in [0.717, 1.165) is 17.8 Å². The number of pyridine rings is 1. The van der Waals surface area contributed by atoms with Crippen molar-refractivity contribution in [3.63, 3.8) is 0 Å². The molecule has 10 heteroatoms. The Morgan fingerprint density at radius 3 is 2.50 bits per heavy atom. The number of fused-ring (bicyclic) bond motifs is 4. The fraction of sp³-hybridized carbons (Fsp3) is 0.235. The molecule has 2 atom stereocenters. The predicted octanol–water partition coefficient (Wildman–Crippen LogP) is 5.90. The van der Waals surface area contributed by atoms with Gasteiger partial charge >= 0.3 is 0 Å². The molecule has 0 aliphatic carbocycles. The van der Waals surface area contributed by atoms with Gasteiger partial charge in [-0.05, 0) is 67.8 Å². The minimum Gasteiger partial charge on any atom is -0.369 e. The van der Waals surface area contributed by atoms with Gasteiger partial charge in [0.1, 0.15) is 5.82 Å². The highest BCUT2D eigenvalue weighted by atomic mass is 35.5. The number of rotatable bonds is 7. The number of Topliss-reactive ketones (excluding diaryl/α,β-unsaturated/α-hetero) is 1. The summed E-state index contributed by atoms with van der Waals surface area (Å²) in [4.78, 5) is 53.1. The van der Waals surface area contributed by atoms with Crippen molar-refractivity contribution >= 4 is 46.3 Å². The number of amides is 2. The minimum absolute atomic E-state index is 0.00499. The highest BCUT2D eigenvalue weighted by Gasteiger charge is 2.35. The second-order valence-corrected chi connectivity index (χ2v) is 11.8. The number of nitrogens with zero attached hydrogens (tertiary/aromatic N) is 2. The molecule has 3 aromatic carbocycles. The van der Waals surface area contributed by atoms with E-state index in [1.807, 2.05) is 10.6 Å². The summed E-state index contributed by atoms with van der Waals surface area (Å²) in [5.41, 5.74) is 3.41. The maximum Gasteiger partial charge on any atom is 0.255 e. The van der Waals surface area contributed by atoms with E-state index in [4.69, 9.17) is 11.6 Å². The monoisotopic (exact) mass is 612 g/mol. The van der Waals surface area contributed by atoms with Crippen LogP contribution in [0.4, 0.5) is 21.5 Å². The van der Waals surface area contributed by atoms with Crippen LogP contribution in [-0.2, 0) is 17.8 Å². The molecular weight excluding hydrogens is 583 g/mol. The van der Waals surface area contributed by atoms with Crippen molar-refractivity contribution in [1.82, 2.24) is 4.57 Å². The molecule has 6 rings (SSSR count). The van der Waals surface area contributed by atoms with E-state index < -0.39 is 17.6 Å². The second kappa shape index (κ2) is 12.1. The molecule has 44 heavy (non-hydrogen) atoms. The third-order valence-electron chi connectivity index (χ3n) is 8.28. The number of carbonyl (C=O) groups is 3. The minimum atomic E-state index is -0.577. The van der Waals surface area contributed by atoms with Gasteiger partial charge in [-0.15, -0.1) is 0 Å². The Kier molecular flexibility index (Phi) is 8.05. The number of anilines is 3. The Morgan fingerprint density at radius 2 is 1.70 bits per heavy atom. The molecule has 3 heterocycles. The molecule has 2 bridgehead atoms. The number of halogens is 2. The first-order chi connectivity index (χ1) is 21.2. The summed E-state index contributed by atoms with van der Waals surface area (Å²) in [6.45, 7) is 3.33. The van der Waals surface area contributed by atoms with Gasteiger partial charge in [0.15, 0.2) is 5.78 Å². The van der Waals surface area contributed by atoms with Gasteiger partial charge in [0.2, 0.25) is 5.91 Å². The Balaban J connectivity index is 1.31. The topological polar surface area (TPSA) is 101 Å². The maximum absolute atomic E-state index is 14.5. The van der Waals surface area contributed by atoms with Crippen molar-refractivity contribution in [3.05, 3.63) is 122 Å². The molecule has 2 aliphatic heterocycles. The van der Waals surface area contributed by atoms with Gasteiger partial charge in [-0.25, -0.2) is 4.39 Å². The Bertz CT molecular complexity index is 1840. The van der Waals surface area contributed by atoms with Crippen LogP contribution in [0.3, 0.4) is 0 Å². The Morgan fingerprint density at radius 1 is 0.909 bits per heavy atom. The van der Waals surface area contributed by atoms with Crippen molar-refractivity contribution in [2.45, 2.75) is 32.2 Å². The summed E-state index contributed by atoms with van der Waals surface area (Å²) in [6.07, 6.45) is 0.661. The third-order valence-corrected chi connectivity index (χ3v) is 8.63. The summed E-state index contributed by atoms with van der Waals surface area (Å²) >= 11 is 6.18. The number of carbonyl (C=O) groups excluding carboxylic acids is 3. The van der Waals surface area contributed by atoms with Gasteiger partial charge in [0.05, 0.1) is 17.8 Å². The average molecular weight is 613 g/mol. The largest absolute Gasteiger partial charge is 0.369 e. The van der Waals surface area contributed by atoms with Crippen LogP contribution in [0.25, 0.3) is 0 Å². The number of benzene rings is 3. The maximum atomic E-state index is 14.5. The van der Waals surface area contributed by atoms with Crippen molar-refractivity contribution in [2.24, 2.45) is 5.92 Å². The van der Waals surface area contributed by atoms with E-state index in [0.29, 0.717) is 36.6 Å². The second-order valence-electron chi connectivity index (χ2n) is 11.4.